The van der Waals surface area contributed by atoms with Crippen LogP contribution in [0.25, 0.3) is 0 Å². The second kappa shape index (κ2) is 6.82. The molecule has 0 radical (unpaired) electrons. The Kier molecular flexibility index (Phi) is 5.10. The first-order chi connectivity index (χ1) is 9.60. The van der Waals surface area contributed by atoms with Gasteiger partial charge in [-0.15, -0.1) is 11.8 Å². The number of hydrogen-bond donors (Lipinski definition) is 1. The van der Waals surface area contributed by atoms with E-state index in [-0.39, 0.29) is 11.3 Å². The van der Waals surface area contributed by atoms with Crippen molar-refractivity contribution in [3.8, 4) is 5.75 Å². The quantitative estimate of drug-likeness (QED) is 0.838. The fraction of sp³-hybridized carbons (Fsp3) is 0.294. The van der Waals surface area contributed by atoms with Crippen molar-refractivity contribution in [1.82, 2.24) is 0 Å². The average Bonchev–Trinajstić information content (AvgIpc) is 2.46. The summed E-state index contributed by atoms with van der Waals surface area (Å²) in [5.74, 6) is 0.877. The van der Waals surface area contributed by atoms with Crippen LogP contribution in [0.15, 0.2) is 53.4 Å². The summed E-state index contributed by atoms with van der Waals surface area (Å²) in [7, 11) is 1.68. The Bertz CT molecular complexity index is 534. The Balaban J connectivity index is 2.18. The highest BCUT2D eigenvalue weighted by Crippen LogP contribution is 2.37. The molecule has 2 unspecified atom stereocenters. The van der Waals surface area contributed by atoms with E-state index in [4.69, 9.17) is 10.5 Å². The summed E-state index contributed by atoms with van der Waals surface area (Å²) in [6.07, 6.45) is 0. The molecule has 106 valence electrons. The van der Waals surface area contributed by atoms with Crippen molar-refractivity contribution in [2.45, 2.75) is 30.0 Å². The molecule has 0 aliphatic heterocycles. The van der Waals surface area contributed by atoms with E-state index in [1.807, 2.05) is 12.1 Å². The second-order valence-electron chi connectivity index (χ2n) is 4.98. The molecule has 2 N–H and O–H groups in total. The number of thioether (sulfide) groups is 1. The SMILES string of the molecule is COc1ccc(SC(c2ccc(C)cc2)C(C)N)cc1. The van der Waals surface area contributed by atoms with Crippen LogP contribution in [0, 0.1) is 6.92 Å². The fourth-order valence-corrected chi connectivity index (χ4v) is 3.13. The van der Waals surface area contributed by atoms with E-state index in [0.29, 0.717) is 0 Å². The highest BCUT2D eigenvalue weighted by atomic mass is 32.2. The summed E-state index contributed by atoms with van der Waals surface area (Å²) in [6.45, 7) is 4.16. The zero-order chi connectivity index (χ0) is 14.5. The first-order valence-electron chi connectivity index (χ1n) is 6.73. The van der Waals surface area contributed by atoms with Crippen LogP contribution in [0.2, 0.25) is 0 Å². The molecule has 2 rings (SSSR count). The van der Waals surface area contributed by atoms with Gasteiger partial charge < -0.3 is 10.5 Å². The number of benzene rings is 2. The molecule has 0 saturated carbocycles. The lowest BCUT2D eigenvalue weighted by Crippen LogP contribution is -2.22. The van der Waals surface area contributed by atoms with E-state index < -0.39 is 0 Å². The standard InChI is InChI=1S/C17H21NOS/c1-12-4-6-14(7-5-12)17(13(2)18)20-16-10-8-15(19-3)9-11-16/h4-11,13,17H,18H2,1-3H3. The molecule has 0 aliphatic carbocycles. The van der Waals surface area contributed by atoms with Crippen LogP contribution in [0.3, 0.4) is 0 Å². The molecule has 2 nitrogen and oxygen atoms in total. The monoisotopic (exact) mass is 287 g/mol. The van der Waals surface area contributed by atoms with Gasteiger partial charge in [-0.1, -0.05) is 29.8 Å². The topological polar surface area (TPSA) is 35.2 Å². The summed E-state index contributed by atoms with van der Waals surface area (Å²) in [5.41, 5.74) is 8.70. The first kappa shape index (κ1) is 14.9. The van der Waals surface area contributed by atoms with E-state index >= 15 is 0 Å². The van der Waals surface area contributed by atoms with Gasteiger partial charge in [-0.25, -0.2) is 0 Å². The van der Waals surface area contributed by atoms with Gasteiger partial charge in [0.2, 0.25) is 0 Å². The van der Waals surface area contributed by atoms with Crippen molar-refractivity contribution in [2.75, 3.05) is 7.11 Å². The normalized spacial score (nSPS) is 13.8. The van der Waals surface area contributed by atoms with Crippen molar-refractivity contribution in [2.24, 2.45) is 5.73 Å². The van der Waals surface area contributed by atoms with Crippen LogP contribution in [0.5, 0.6) is 5.75 Å². The zero-order valence-electron chi connectivity index (χ0n) is 12.2. The molecular weight excluding hydrogens is 266 g/mol. The van der Waals surface area contributed by atoms with Crippen LogP contribution >= 0.6 is 11.8 Å². The van der Waals surface area contributed by atoms with E-state index in [2.05, 4.69) is 50.2 Å². The predicted octanol–water partition coefficient (Wildman–Crippen LogP) is 4.18. The van der Waals surface area contributed by atoms with Crippen LogP contribution in [0.1, 0.15) is 23.3 Å². The van der Waals surface area contributed by atoms with E-state index in [1.54, 1.807) is 18.9 Å². The fourth-order valence-electron chi connectivity index (χ4n) is 2.04. The molecule has 0 aromatic heterocycles. The molecule has 0 fully saturated rings. The van der Waals surface area contributed by atoms with E-state index in [9.17, 15) is 0 Å². The number of rotatable bonds is 5. The minimum absolute atomic E-state index is 0.0878. The number of hydrogen-bond acceptors (Lipinski definition) is 3. The van der Waals surface area contributed by atoms with Gasteiger partial charge in [0.05, 0.1) is 7.11 Å². The molecule has 0 spiro atoms. The third-order valence-corrected chi connectivity index (χ3v) is 4.71. The predicted molar refractivity (Wildman–Crippen MR) is 86.4 cm³/mol. The molecular formula is C17H21NOS. The molecule has 3 heteroatoms. The van der Waals surface area contributed by atoms with Crippen molar-refractivity contribution in [3.63, 3.8) is 0 Å². The average molecular weight is 287 g/mol. The van der Waals surface area contributed by atoms with Gasteiger partial charge in [-0.3, -0.25) is 0 Å². The van der Waals surface area contributed by atoms with Crippen molar-refractivity contribution in [3.05, 3.63) is 59.7 Å². The maximum absolute atomic E-state index is 6.17. The van der Waals surface area contributed by atoms with Crippen LogP contribution < -0.4 is 10.5 Å². The van der Waals surface area contributed by atoms with Gasteiger partial charge in [0, 0.05) is 16.2 Å². The minimum atomic E-state index is 0.0878. The van der Waals surface area contributed by atoms with Crippen LogP contribution in [0.4, 0.5) is 0 Å². The molecule has 20 heavy (non-hydrogen) atoms. The number of ether oxygens (including phenoxy) is 1. The Morgan fingerprint density at radius 1 is 1.00 bits per heavy atom. The van der Waals surface area contributed by atoms with E-state index in [1.165, 1.54) is 16.0 Å². The Morgan fingerprint density at radius 2 is 1.60 bits per heavy atom. The molecule has 2 atom stereocenters. The minimum Gasteiger partial charge on any atom is -0.497 e. The van der Waals surface area contributed by atoms with Crippen LogP contribution in [-0.4, -0.2) is 13.2 Å². The lowest BCUT2D eigenvalue weighted by molar-refractivity contribution is 0.414. The maximum atomic E-state index is 6.17. The van der Waals surface area contributed by atoms with Crippen molar-refractivity contribution < 1.29 is 4.74 Å². The van der Waals surface area contributed by atoms with Gasteiger partial charge in [0.15, 0.2) is 0 Å². The van der Waals surface area contributed by atoms with Gasteiger partial charge in [0.25, 0.3) is 0 Å². The molecule has 2 aromatic rings. The molecule has 0 bridgehead atoms. The third-order valence-electron chi connectivity index (χ3n) is 3.21. The Labute approximate surface area is 125 Å². The van der Waals surface area contributed by atoms with Crippen molar-refractivity contribution >= 4 is 11.8 Å². The number of nitrogens with two attached hydrogens (primary N) is 1. The van der Waals surface area contributed by atoms with Gasteiger partial charge in [0.1, 0.15) is 5.75 Å². The molecule has 0 aliphatic rings. The number of aryl methyl sites for hydroxylation is 1. The van der Waals surface area contributed by atoms with Crippen LogP contribution in [-0.2, 0) is 0 Å². The Hall–Kier alpha value is -1.45. The highest BCUT2D eigenvalue weighted by molar-refractivity contribution is 7.99. The lowest BCUT2D eigenvalue weighted by Gasteiger charge is -2.21. The molecule has 0 saturated heterocycles. The number of methoxy groups -OCH3 is 1. The molecule has 2 aromatic carbocycles. The van der Waals surface area contributed by atoms with Gasteiger partial charge >= 0.3 is 0 Å². The highest BCUT2D eigenvalue weighted by Gasteiger charge is 2.17. The molecule has 0 amide bonds. The summed E-state index contributed by atoms with van der Waals surface area (Å²) in [6, 6.07) is 16.8. The summed E-state index contributed by atoms with van der Waals surface area (Å²) < 4.78 is 5.19. The largest absolute Gasteiger partial charge is 0.497 e. The second-order valence-corrected chi connectivity index (χ2v) is 6.20. The van der Waals surface area contributed by atoms with Crippen molar-refractivity contribution in [1.29, 1.82) is 0 Å². The van der Waals surface area contributed by atoms with Gasteiger partial charge in [-0.2, -0.15) is 0 Å². The first-order valence-corrected chi connectivity index (χ1v) is 7.61. The van der Waals surface area contributed by atoms with E-state index in [0.717, 1.165) is 5.75 Å². The maximum Gasteiger partial charge on any atom is 0.118 e. The summed E-state index contributed by atoms with van der Waals surface area (Å²) in [5, 5.41) is 0.254. The third kappa shape index (κ3) is 3.78. The summed E-state index contributed by atoms with van der Waals surface area (Å²) in [4.78, 5) is 1.20. The molecule has 0 heterocycles. The Morgan fingerprint density at radius 3 is 2.10 bits per heavy atom. The van der Waals surface area contributed by atoms with Gasteiger partial charge in [-0.05, 0) is 43.7 Å². The zero-order valence-corrected chi connectivity index (χ0v) is 13.0. The smallest absolute Gasteiger partial charge is 0.118 e. The summed E-state index contributed by atoms with van der Waals surface area (Å²) >= 11 is 1.79. The lowest BCUT2D eigenvalue weighted by atomic mass is 10.1.